The van der Waals surface area contributed by atoms with Gasteiger partial charge in [-0.1, -0.05) is 0 Å². The van der Waals surface area contributed by atoms with E-state index in [1.54, 1.807) is 0 Å². The van der Waals surface area contributed by atoms with Gasteiger partial charge in [0.1, 0.15) is 0 Å². The standard InChI is InChI=1S/C6H6N2O6/c7-5-3(13-11)1-2-4(14-12)6(5)8(9)10/h1-2,11-12H,7H2. The summed E-state index contributed by atoms with van der Waals surface area (Å²) in [6.45, 7) is 0. The van der Waals surface area contributed by atoms with Gasteiger partial charge in [-0.3, -0.25) is 10.1 Å². The van der Waals surface area contributed by atoms with Crippen molar-refractivity contribution in [3.05, 3.63) is 22.2 Å². The molecule has 1 aromatic carbocycles. The molecule has 0 spiro atoms. The topological polar surface area (TPSA) is 128 Å². The Hall–Kier alpha value is -2.06. The van der Waals surface area contributed by atoms with Crippen LogP contribution in [0.3, 0.4) is 0 Å². The Morgan fingerprint density at radius 1 is 1.29 bits per heavy atom. The average Bonchev–Trinajstić information content (AvgIpc) is 2.16. The van der Waals surface area contributed by atoms with Gasteiger partial charge in [-0.15, -0.1) is 0 Å². The van der Waals surface area contributed by atoms with E-state index in [2.05, 4.69) is 9.78 Å². The summed E-state index contributed by atoms with van der Waals surface area (Å²) < 4.78 is 0. The van der Waals surface area contributed by atoms with Crippen molar-refractivity contribution < 1.29 is 25.2 Å². The largest absolute Gasteiger partial charge is 0.390 e. The van der Waals surface area contributed by atoms with Crippen LogP contribution in [0.5, 0.6) is 11.5 Å². The number of nitro groups is 1. The highest BCUT2D eigenvalue weighted by molar-refractivity contribution is 5.72. The third-order valence-electron chi connectivity index (χ3n) is 1.52. The zero-order valence-corrected chi connectivity index (χ0v) is 6.71. The number of nitro benzene ring substituents is 1. The van der Waals surface area contributed by atoms with E-state index in [1.165, 1.54) is 0 Å². The minimum atomic E-state index is -0.872. The molecule has 0 atom stereocenters. The Labute approximate surface area is 77.1 Å². The van der Waals surface area contributed by atoms with E-state index in [-0.39, 0.29) is 5.75 Å². The molecule has 8 nitrogen and oxygen atoms in total. The molecule has 0 amide bonds. The molecule has 0 aliphatic carbocycles. The van der Waals surface area contributed by atoms with Gasteiger partial charge in [0.15, 0.2) is 11.4 Å². The zero-order chi connectivity index (χ0) is 10.7. The van der Waals surface area contributed by atoms with Crippen molar-refractivity contribution in [2.24, 2.45) is 0 Å². The molecule has 76 valence electrons. The van der Waals surface area contributed by atoms with Crippen molar-refractivity contribution in [2.75, 3.05) is 5.73 Å². The number of hydrogen-bond acceptors (Lipinski definition) is 7. The van der Waals surface area contributed by atoms with Crippen LogP contribution >= 0.6 is 0 Å². The first kappa shape index (κ1) is 10.0. The Balaban J connectivity index is 3.39. The lowest BCUT2D eigenvalue weighted by Crippen LogP contribution is -2.01. The normalized spacial score (nSPS) is 9.57. The third kappa shape index (κ3) is 1.51. The molecule has 8 heteroatoms. The second-order valence-corrected chi connectivity index (χ2v) is 2.26. The lowest BCUT2D eigenvalue weighted by atomic mass is 10.2. The summed E-state index contributed by atoms with van der Waals surface area (Å²) in [5.74, 6) is -0.731. The summed E-state index contributed by atoms with van der Waals surface area (Å²) in [7, 11) is 0. The molecule has 0 saturated heterocycles. The van der Waals surface area contributed by atoms with Crippen LogP contribution in [0, 0.1) is 10.1 Å². The quantitative estimate of drug-likeness (QED) is 0.287. The average molecular weight is 202 g/mol. The van der Waals surface area contributed by atoms with Crippen molar-refractivity contribution in [3.8, 4) is 11.5 Å². The van der Waals surface area contributed by atoms with Crippen LogP contribution in [-0.2, 0) is 0 Å². The summed E-state index contributed by atoms with van der Waals surface area (Å²) in [5, 5.41) is 27.0. The van der Waals surface area contributed by atoms with Crippen molar-refractivity contribution in [2.45, 2.75) is 0 Å². The second-order valence-electron chi connectivity index (χ2n) is 2.26. The summed E-state index contributed by atoms with van der Waals surface area (Å²) in [6.07, 6.45) is 0. The van der Waals surface area contributed by atoms with E-state index < -0.39 is 22.0 Å². The van der Waals surface area contributed by atoms with Gasteiger partial charge in [0.2, 0.25) is 5.75 Å². The number of nitrogen functional groups attached to an aromatic ring is 1. The predicted octanol–water partition coefficient (Wildman–Crippen LogP) is 0.881. The molecule has 14 heavy (non-hydrogen) atoms. The van der Waals surface area contributed by atoms with Crippen molar-refractivity contribution >= 4 is 11.4 Å². The highest BCUT2D eigenvalue weighted by Gasteiger charge is 2.24. The number of hydrogen-bond donors (Lipinski definition) is 3. The van der Waals surface area contributed by atoms with E-state index in [9.17, 15) is 10.1 Å². The zero-order valence-electron chi connectivity index (χ0n) is 6.71. The fourth-order valence-electron chi connectivity index (χ4n) is 0.911. The van der Waals surface area contributed by atoms with Crippen LogP contribution in [0.2, 0.25) is 0 Å². The van der Waals surface area contributed by atoms with Gasteiger partial charge in [-0.2, -0.15) is 0 Å². The fourth-order valence-corrected chi connectivity index (χ4v) is 0.911. The first-order valence-corrected chi connectivity index (χ1v) is 3.31. The maximum Gasteiger partial charge on any atom is 0.341 e. The SMILES string of the molecule is Nc1c(OO)ccc(OO)c1[N+](=O)[O-]. The predicted molar refractivity (Wildman–Crippen MR) is 44.0 cm³/mol. The monoisotopic (exact) mass is 202 g/mol. The summed E-state index contributed by atoms with van der Waals surface area (Å²) in [6, 6.07) is 2.13. The highest BCUT2D eigenvalue weighted by atomic mass is 17.1. The Bertz CT molecular complexity index is 366. The molecule has 0 saturated carbocycles. The van der Waals surface area contributed by atoms with Gasteiger partial charge in [0.25, 0.3) is 0 Å². The van der Waals surface area contributed by atoms with E-state index in [0.717, 1.165) is 12.1 Å². The van der Waals surface area contributed by atoms with Crippen LogP contribution in [-0.4, -0.2) is 15.4 Å². The molecule has 0 fully saturated rings. The summed E-state index contributed by atoms with van der Waals surface area (Å²) in [4.78, 5) is 17.1. The first-order valence-electron chi connectivity index (χ1n) is 3.31. The summed E-state index contributed by atoms with van der Waals surface area (Å²) >= 11 is 0. The van der Waals surface area contributed by atoms with E-state index in [4.69, 9.17) is 16.2 Å². The maximum absolute atomic E-state index is 10.5. The van der Waals surface area contributed by atoms with Gasteiger partial charge in [0.05, 0.1) is 4.92 Å². The van der Waals surface area contributed by atoms with E-state index in [0.29, 0.717) is 0 Å². The molecule has 0 bridgehead atoms. The number of benzene rings is 1. The molecule has 0 unspecified atom stereocenters. The lowest BCUT2D eigenvalue weighted by Gasteiger charge is -2.04. The number of rotatable bonds is 3. The molecular formula is C6H6N2O6. The third-order valence-corrected chi connectivity index (χ3v) is 1.52. The Morgan fingerprint density at radius 2 is 1.79 bits per heavy atom. The van der Waals surface area contributed by atoms with Crippen molar-refractivity contribution in [1.82, 2.24) is 0 Å². The van der Waals surface area contributed by atoms with Gasteiger partial charge in [-0.25, -0.2) is 10.5 Å². The molecule has 0 aromatic heterocycles. The fraction of sp³-hybridized carbons (Fsp3) is 0. The van der Waals surface area contributed by atoms with E-state index in [1.807, 2.05) is 0 Å². The molecule has 0 radical (unpaired) electrons. The smallest absolute Gasteiger partial charge is 0.341 e. The van der Waals surface area contributed by atoms with Crippen LogP contribution in [0.15, 0.2) is 12.1 Å². The van der Waals surface area contributed by atoms with E-state index >= 15 is 0 Å². The maximum atomic E-state index is 10.5. The van der Waals surface area contributed by atoms with Crippen LogP contribution < -0.4 is 15.5 Å². The van der Waals surface area contributed by atoms with Crippen LogP contribution in [0.4, 0.5) is 11.4 Å². The molecular weight excluding hydrogens is 196 g/mol. The molecule has 0 heterocycles. The number of anilines is 1. The Kier molecular flexibility index (Phi) is 2.70. The van der Waals surface area contributed by atoms with Crippen LogP contribution in [0.1, 0.15) is 0 Å². The lowest BCUT2D eigenvalue weighted by molar-refractivity contribution is -0.387. The van der Waals surface area contributed by atoms with Crippen molar-refractivity contribution in [3.63, 3.8) is 0 Å². The minimum Gasteiger partial charge on any atom is -0.390 e. The van der Waals surface area contributed by atoms with Crippen LogP contribution in [0.25, 0.3) is 0 Å². The molecule has 0 aliphatic rings. The summed E-state index contributed by atoms with van der Waals surface area (Å²) in [5.41, 5.74) is 4.13. The highest BCUT2D eigenvalue weighted by Crippen LogP contribution is 2.38. The van der Waals surface area contributed by atoms with Gasteiger partial charge in [0, 0.05) is 0 Å². The van der Waals surface area contributed by atoms with Gasteiger partial charge < -0.3 is 15.5 Å². The first-order chi connectivity index (χ1) is 6.61. The number of nitrogens with zero attached hydrogens (tertiary/aromatic N) is 1. The number of nitrogens with two attached hydrogens (primary N) is 1. The minimum absolute atomic E-state index is 0.294. The van der Waals surface area contributed by atoms with Gasteiger partial charge >= 0.3 is 5.69 Å². The van der Waals surface area contributed by atoms with Gasteiger partial charge in [-0.05, 0) is 12.1 Å². The van der Waals surface area contributed by atoms with Crippen molar-refractivity contribution in [1.29, 1.82) is 0 Å². The molecule has 4 N–H and O–H groups in total. The second kappa shape index (κ2) is 3.77. The Morgan fingerprint density at radius 3 is 2.21 bits per heavy atom. The molecule has 1 aromatic rings. The molecule has 0 aliphatic heterocycles. The molecule has 1 rings (SSSR count).